The number of carbonyl (C=O) groups is 1. The van der Waals surface area contributed by atoms with E-state index in [2.05, 4.69) is 20.2 Å². The first-order valence-corrected chi connectivity index (χ1v) is 12.9. The molecule has 12 heteroatoms. The molecular formula is C24H29N7O4S. The highest BCUT2D eigenvalue weighted by Crippen LogP contribution is 2.38. The zero-order chi connectivity index (χ0) is 25.2. The zero-order valence-corrected chi connectivity index (χ0v) is 21.2. The number of nitrogens with zero attached hydrogens (tertiary/aromatic N) is 4. The van der Waals surface area contributed by atoms with E-state index in [1.165, 1.54) is 11.3 Å². The van der Waals surface area contributed by atoms with Crippen LogP contribution in [-0.4, -0.2) is 70.6 Å². The van der Waals surface area contributed by atoms with E-state index >= 15 is 0 Å². The molecule has 4 unspecified atom stereocenters. The van der Waals surface area contributed by atoms with Gasteiger partial charge in [-0.2, -0.15) is 4.98 Å². The quantitative estimate of drug-likeness (QED) is 0.470. The molecule has 6 rings (SSSR count). The van der Waals surface area contributed by atoms with Gasteiger partial charge < -0.3 is 35.9 Å². The number of pyridine rings is 1. The van der Waals surface area contributed by atoms with Gasteiger partial charge in [-0.25, -0.2) is 9.97 Å². The number of nitrogen functional groups attached to an aromatic ring is 1. The van der Waals surface area contributed by atoms with Crippen LogP contribution < -0.4 is 26.4 Å². The number of hydrogen-bond acceptors (Lipinski definition) is 11. The molecule has 0 saturated carbocycles. The molecule has 36 heavy (non-hydrogen) atoms. The molecule has 3 aliphatic rings. The molecule has 190 valence electrons. The molecule has 5 N–H and O–H groups in total. The van der Waals surface area contributed by atoms with E-state index < -0.39 is 5.79 Å². The van der Waals surface area contributed by atoms with E-state index in [9.17, 15) is 4.79 Å². The topological polar surface area (TPSA) is 151 Å². The number of ether oxygens (including phenoxy) is 3. The normalized spacial score (nSPS) is 29.5. The second kappa shape index (κ2) is 8.51. The number of anilines is 2. The van der Waals surface area contributed by atoms with Gasteiger partial charge in [0.15, 0.2) is 0 Å². The summed E-state index contributed by atoms with van der Waals surface area (Å²) in [5.74, 6) is 0.252. The molecule has 0 radical (unpaired) electrons. The second-order valence-electron chi connectivity index (χ2n) is 9.77. The SMILES string of the molecule is Cc1cnc2c(N)c(C(=O)NC3COc4nc(N5CC(N)C6(C5)OC(C)C(C)O6)ccc4C3)sc2n1. The summed E-state index contributed by atoms with van der Waals surface area (Å²) in [4.78, 5) is 29.6. The molecule has 6 heterocycles. The Morgan fingerprint density at radius 3 is 2.81 bits per heavy atom. The van der Waals surface area contributed by atoms with E-state index in [-0.39, 0.29) is 30.2 Å². The fraction of sp³-hybridized carbons (Fsp3) is 0.500. The third kappa shape index (κ3) is 3.84. The minimum absolute atomic E-state index is 0.0116. The average molecular weight is 512 g/mol. The van der Waals surface area contributed by atoms with Crippen LogP contribution in [0.15, 0.2) is 18.3 Å². The molecule has 4 atom stereocenters. The van der Waals surface area contributed by atoms with E-state index in [1.54, 1.807) is 6.20 Å². The van der Waals surface area contributed by atoms with Crippen LogP contribution in [0.25, 0.3) is 10.3 Å². The number of carbonyl (C=O) groups excluding carboxylic acids is 1. The van der Waals surface area contributed by atoms with Crippen molar-refractivity contribution in [2.24, 2.45) is 5.73 Å². The Kier molecular flexibility index (Phi) is 5.52. The molecule has 0 aromatic carbocycles. The molecule has 2 fully saturated rings. The Labute approximate surface area is 212 Å². The van der Waals surface area contributed by atoms with Crippen molar-refractivity contribution in [2.45, 2.75) is 57.3 Å². The minimum atomic E-state index is -0.815. The molecule has 1 amide bonds. The maximum Gasteiger partial charge on any atom is 0.263 e. The summed E-state index contributed by atoms with van der Waals surface area (Å²) in [7, 11) is 0. The van der Waals surface area contributed by atoms with Gasteiger partial charge in [0.2, 0.25) is 11.7 Å². The van der Waals surface area contributed by atoms with Gasteiger partial charge in [0.05, 0.1) is 42.2 Å². The third-order valence-electron chi connectivity index (χ3n) is 7.06. The summed E-state index contributed by atoms with van der Waals surface area (Å²) in [6, 6.07) is 3.44. The predicted molar refractivity (Wildman–Crippen MR) is 135 cm³/mol. The fourth-order valence-corrected chi connectivity index (χ4v) is 6.00. The van der Waals surface area contributed by atoms with Gasteiger partial charge >= 0.3 is 0 Å². The van der Waals surface area contributed by atoms with Gasteiger partial charge in [-0.1, -0.05) is 0 Å². The average Bonchev–Trinajstić information content (AvgIpc) is 3.45. The molecule has 11 nitrogen and oxygen atoms in total. The zero-order valence-electron chi connectivity index (χ0n) is 20.4. The van der Waals surface area contributed by atoms with Crippen LogP contribution in [0.5, 0.6) is 5.88 Å². The van der Waals surface area contributed by atoms with Crippen LogP contribution in [0.1, 0.15) is 34.8 Å². The monoisotopic (exact) mass is 511 g/mol. The van der Waals surface area contributed by atoms with Gasteiger partial charge in [0.25, 0.3) is 5.91 Å². The maximum atomic E-state index is 13.0. The molecule has 1 spiro atoms. The number of amides is 1. The highest BCUT2D eigenvalue weighted by atomic mass is 32.1. The Hall–Kier alpha value is -3.06. The van der Waals surface area contributed by atoms with Crippen LogP contribution >= 0.6 is 11.3 Å². The molecule has 0 bridgehead atoms. The van der Waals surface area contributed by atoms with Crippen molar-refractivity contribution in [3.63, 3.8) is 0 Å². The van der Waals surface area contributed by atoms with Gasteiger partial charge in [0.1, 0.15) is 27.6 Å². The lowest BCUT2D eigenvalue weighted by Crippen LogP contribution is -2.48. The van der Waals surface area contributed by atoms with Crippen molar-refractivity contribution in [2.75, 3.05) is 30.3 Å². The first-order valence-electron chi connectivity index (χ1n) is 12.0. The Balaban J connectivity index is 1.14. The van der Waals surface area contributed by atoms with Gasteiger partial charge in [-0.3, -0.25) is 4.79 Å². The van der Waals surface area contributed by atoms with Crippen molar-refractivity contribution >= 4 is 39.1 Å². The van der Waals surface area contributed by atoms with Crippen molar-refractivity contribution in [3.8, 4) is 5.88 Å². The number of aryl methyl sites for hydroxylation is 1. The molecule has 2 saturated heterocycles. The van der Waals surface area contributed by atoms with E-state index in [4.69, 9.17) is 30.7 Å². The first-order chi connectivity index (χ1) is 17.2. The maximum absolute atomic E-state index is 13.0. The van der Waals surface area contributed by atoms with Crippen molar-refractivity contribution < 1.29 is 19.0 Å². The Morgan fingerprint density at radius 2 is 2.03 bits per heavy atom. The van der Waals surface area contributed by atoms with Gasteiger partial charge in [-0.15, -0.1) is 11.3 Å². The van der Waals surface area contributed by atoms with Crippen molar-refractivity contribution in [3.05, 3.63) is 34.5 Å². The number of thiophene rings is 1. The Morgan fingerprint density at radius 1 is 1.25 bits per heavy atom. The third-order valence-corrected chi connectivity index (χ3v) is 8.15. The number of fused-ring (bicyclic) bond motifs is 2. The van der Waals surface area contributed by atoms with E-state index in [0.29, 0.717) is 52.9 Å². The smallest absolute Gasteiger partial charge is 0.263 e. The van der Waals surface area contributed by atoms with E-state index in [0.717, 1.165) is 17.1 Å². The first kappa shape index (κ1) is 23.3. The van der Waals surface area contributed by atoms with Crippen LogP contribution in [0.4, 0.5) is 11.5 Å². The summed E-state index contributed by atoms with van der Waals surface area (Å²) >= 11 is 1.24. The van der Waals surface area contributed by atoms with Crippen LogP contribution in [0, 0.1) is 6.92 Å². The van der Waals surface area contributed by atoms with Gasteiger partial charge in [-0.05, 0) is 32.9 Å². The lowest BCUT2D eigenvalue weighted by Gasteiger charge is -2.28. The number of aromatic nitrogens is 3. The number of rotatable bonds is 3. The van der Waals surface area contributed by atoms with Crippen LogP contribution in [0.2, 0.25) is 0 Å². The fourth-order valence-electron chi connectivity index (χ4n) is 5.00. The van der Waals surface area contributed by atoms with E-state index in [1.807, 2.05) is 32.9 Å². The summed E-state index contributed by atoms with van der Waals surface area (Å²) in [6.07, 6.45) is 2.22. The summed E-state index contributed by atoms with van der Waals surface area (Å²) in [5, 5.41) is 3.03. The molecule has 0 aliphatic carbocycles. The van der Waals surface area contributed by atoms with Crippen LogP contribution in [-0.2, 0) is 15.9 Å². The highest BCUT2D eigenvalue weighted by molar-refractivity contribution is 7.21. The van der Waals surface area contributed by atoms with Gasteiger partial charge in [0, 0.05) is 24.7 Å². The standard InChI is InChI=1S/C24H29N7O4S/c1-11-7-27-19-18(26)20(36-23(19)28-11)21(32)29-15-6-14-4-5-17(30-22(14)33-9-15)31-8-16(25)24(10-31)34-12(2)13(3)35-24/h4-5,7,12-13,15-16H,6,8-10,25-26H2,1-3H3,(H,29,32). The number of hydrogen-bond donors (Lipinski definition) is 3. The molecule has 3 aromatic rings. The second-order valence-corrected chi connectivity index (χ2v) is 10.8. The molecular weight excluding hydrogens is 482 g/mol. The highest BCUT2D eigenvalue weighted by Gasteiger charge is 2.54. The van der Waals surface area contributed by atoms with Crippen molar-refractivity contribution in [1.82, 2.24) is 20.3 Å². The lowest BCUT2D eigenvalue weighted by atomic mass is 10.1. The minimum Gasteiger partial charge on any atom is -0.475 e. The summed E-state index contributed by atoms with van der Waals surface area (Å²) < 4.78 is 18.2. The molecule has 3 aliphatic heterocycles. The molecule has 3 aromatic heterocycles. The van der Waals surface area contributed by atoms with Crippen molar-refractivity contribution in [1.29, 1.82) is 0 Å². The summed E-state index contributed by atoms with van der Waals surface area (Å²) in [5.41, 5.74) is 15.2. The largest absolute Gasteiger partial charge is 0.475 e. The number of nitrogens with one attached hydrogen (secondary N) is 1. The number of nitrogens with two attached hydrogens (primary N) is 2. The predicted octanol–water partition coefficient (Wildman–Crippen LogP) is 1.38. The summed E-state index contributed by atoms with van der Waals surface area (Å²) in [6.45, 7) is 7.24. The lowest BCUT2D eigenvalue weighted by molar-refractivity contribution is -0.164. The van der Waals surface area contributed by atoms with Crippen LogP contribution in [0.3, 0.4) is 0 Å². The Bertz CT molecular complexity index is 1340.